The maximum atomic E-state index is 13.9. The molecule has 0 radical (unpaired) electrons. The number of ether oxygens (including phenoxy) is 2. The summed E-state index contributed by atoms with van der Waals surface area (Å²) in [5.74, 6) is 2.80. The zero-order chi connectivity index (χ0) is 52.2. The molecule has 4 bridgehead atoms. The van der Waals surface area contributed by atoms with Crippen molar-refractivity contribution in [1.29, 1.82) is 0 Å². The molecule has 11 rings (SSSR count). The molecule has 2 aromatic heterocycles. The lowest BCUT2D eigenvalue weighted by molar-refractivity contribution is -0.138. The van der Waals surface area contributed by atoms with Gasteiger partial charge in [0.25, 0.3) is 0 Å². The van der Waals surface area contributed by atoms with Gasteiger partial charge < -0.3 is 39.9 Å². The molecule has 4 aromatic carbocycles. The second-order valence-corrected chi connectivity index (χ2v) is 22.6. The Morgan fingerprint density at radius 2 is 1.15 bits per heavy atom. The molecule has 0 saturated carbocycles. The number of nitrogens with zero attached hydrogens (tertiary/aromatic N) is 4. The number of hydrogen-bond donors (Lipinski definition) is 4. The summed E-state index contributed by atoms with van der Waals surface area (Å²) in [6.07, 6.45) is 15.7. The Morgan fingerprint density at radius 1 is 0.640 bits per heavy atom. The van der Waals surface area contributed by atoms with Gasteiger partial charge in [0.15, 0.2) is 0 Å². The number of methoxy groups -OCH3 is 2. The van der Waals surface area contributed by atoms with Crippen molar-refractivity contribution in [3.8, 4) is 44.8 Å². The van der Waals surface area contributed by atoms with Crippen LogP contribution in [-0.2, 0) is 43.7 Å². The molecule has 4 N–H and O–H groups in total. The molecular weight excluding hydrogens is 981 g/mol. The molecule has 14 nitrogen and oxygen atoms in total. The zero-order valence-corrected chi connectivity index (χ0v) is 45.3. The number of thioether (sulfide) groups is 2. The molecule has 5 aliphatic rings. The number of rotatable bonds is 16. The molecule has 392 valence electrons. The lowest BCUT2D eigenvalue weighted by Gasteiger charge is -2.44. The summed E-state index contributed by atoms with van der Waals surface area (Å²) in [7, 11) is 2.64. The van der Waals surface area contributed by atoms with Gasteiger partial charge in [-0.1, -0.05) is 85.8 Å². The number of benzene rings is 4. The van der Waals surface area contributed by atoms with E-state index in [-0.39, 0.29) is 29.3 Å². The van der Waals surface area contributed by atoms with Gasteiger partial charge in [0.05, 0.1) is 50.1 Å². The van der Waals surface area contributed by atoms with Gasteiger partial charge in [-0.25, -0.2) is 19.6 Å². The second kappa shape index (κ2) is 22.8. The first-order valence-corrected chi connectivity index (χ1v) is 29.2. The van der Waals surface area contributed by atoms with E-state index in [1.54, 1.807) is 23.5 Å². The number of aromatic amines is 2. The zero-order valence-electron chi connectivity index (χ0n) is 43.6. The van der Waals surface area contributed by atoms with Crippen molar-refractivity contribution < 1.29 is 28.7 Å². The third-order valence-corrected chi connectivity index (χ3v) is 17.3. The first kappa shape index (κ1) is 51.9. The fourth-order valence-corrected chi connectivity index (χ4v) is 12.8. The van der Waals surface area contributed by atoms with Crippen molar-refractivity contribution in [2.45, 2.75) is 107 Å². The first-order chi connectivity index (χ1) is 36.5. The van der Waals surface area contributed by atoms with Crippen molar-refractivity contribution >= 4 is 47.5 Å². The first-order valence-electron chi connectivity index (χ1n) is 26.4. The van der Waals surface area contributed by atoms with E-state index in [4.69, 9.17) is 19.4 Å². The van der Waals surface area contributed by atoms with Crippen molar-refractivity contribution in [3.05, 3.63) is 131 Å². The van der Waals surface area contributed by atoms with Crippen molar-refractivity contribution in [2.24, 2.45) is 0 Å². The van der Waals surface area contributed by atoms with Crippen LogP contribution in [-0.4, -0.2) is 117 Å². The second-order valence-electron chi connectivity index (χ2n) is 20.6. The Morgan fingerprint density at radius 3 is 1.65 bits per heavy atom. The molecule has 0 spiro atoms. The van der Waals surface area contributed by atoms with Crippen molar-refractivity contribution in [1.82, 2.24) is 40.4 Å². The predicted octanol–water partition coefficient (Wildman–Crippen LogP) is 10.8. The number of likely N-dealkylation sites (tertiary alicyclic amines) is 2. The van der Waals surface area contributed by atoms with Crippen LogP contribution in [0.25, 0.3) is 44.8 Å². The topological polar surface area (TPSA) is 175 Å². The van der Waals surface area contributed by atoms with E-state index in [9.17, 15) is 19.2 Å². The quantitative estimate of drug-likeness (QED) is 0.0730. The van der Waals surface area contributed by atoms with E-state index >= 15 is 0 Å². The van der Waals surface area contributed by atoms with Gasteiger partial charge in [-0.2, -0.15) is 23.5 Å². The summed E-state index contributed by atoms with van der Waals surface area (Å²) in [5.41, 5.74) is 15.4. The van der Waals surface area contributed by atoms with Crippen molar-refractivity contribution in [2.75, 3.05) is 51.3 Å². The summed E-state index contributed by atoms with van der Waals surface area (Å²) in [4.78, 5) is 72.9. The number of H-pyrrole nitrogens is 2. The minimum absolute atomic E-state index is 0.101. The fourth-order valence-electron chi connectivity index (χ4n) is 11.9. The molecule has 2 fully saturated rings. The van der Waals surface area contributed by atoms with Crippen LogP contribution in [0.2, 0.25) is 0 Å². The minimum atomic E-state index is -0.661. The van der Waals surface area contributed by atoms with Crippen LogP contribution in [0, 0.1) is 0 Å². The summed E-state index contributed by atoms with van der Waals surface area (Å²) < 4.78 is 9.72. The van der Waals surface area contributed by atoms with Crippen molar-refractivity contribution in [3.63, 3.8) is 0 Å². The highest BCUT2D eigenvalue weighted by molar-refractivity contribution is 7.98. The largest absolute Gasteiger partial charge is 0.453 e. The summed E-state index contributed by atoms with van der Waals surface area (Å²) >= 11 is 3.28. The number of aryl methyl sites for hydroxylation is 2. The smallest absolute Gasteiger partial charge is 0.407 e. The summed E-state index contributed by atoms with van der Waals surface area (Å²) in [6, 6.07) is 27.8. The Hall–Kier alpha value is -6.52. The number of carbonyl (C=O) groups excluding carboxylic acids is 4. The van der Waals surface area contributed by atoms with E-state index in [0.29, 0.717) is 25.9 Å². The molecule has 4 heterocycles. The number of fused-ring (bicyclic) bond motifs is 3. The number of hydrogen-bond acceptors (Lipinski definition) is 10. The van der Waals surface area contributed by atoms with Gasteiger partial charge in [0.2, 0.25) is 11.8 Å². The molecule has 2 aliphatic heterocycles. The molecule has 4 amide bonds. The highest BCUT2D eigenvalue weighted by atomic mass is 32.2. The van der Waals surface area contributed by atoms with Crippen LogP contribution < -0.4 is 10.6 Å². The number of aromatic nitrogens is 4. The maximum absolute atomic E-state index is 13.9. The van der Waals surface area contributed by atoms with Gasteiger partial charge in [0.1, 0.15) is 23.7 Å². The SMILES string of the molecule is COC(=O)NC(CCSC)C(=O)N1CCCC[C@H]1c1ncc(-c2ccc(-c3cc4ccc3C3(C)Cc5cc(-c6ccc(-c7cnc([C@@H]8CCCCN8C(=O)[C@H](CCSC)NC(=O)OC)[nH]7)cc6)c(cc53)CC4)cc2)[nH]1. The van der Waals surface area contributed by atoms with Crippen LogP contribution in [0.15, 0.2) is 91.3 Å². The normalized spacial score (nSPS) is 19.6. The third-order valence-electron chi connectivity index (χ3n) is 16.0. The van der Waals surface area contributed by atoms with E-state index in [2.05, 4.69) is 106 Å². The van der Waals surface area contributed by atoms with Crippen LogP contribution >= 0.6 is 23.5 Å². The van der Waals surface area contributed by atoms with Gasteiger partial charge in [-0.15, -0.1) is 0 Å². The Balaban J connectivity index is 0.845. The van der Waals surface area contributed by atoms with Crippen LogP contribution in [0.5, 0.6) is 0 Å². The molecule has 5 atom stereocenters. The lowest BCUT2D eigenvalue weighted by Crippen LogP contribution is -2.51. The summed E-state index contributed by atoms with van der Waals surface area (Å²) in [6.45, 7) is 3.62. The monoisotopic (exact) mass is 1050 g/mol. The van der Waals surface area contributed by atoms with Gasteiger partial charge in [0, 0.05) is 18.5 Å². The average molecular weight is 1050 g/mol. The fraction of sp³-hybridized carbons (Fsp3) is 0.424. The number of amides is 4. The van der Waals surface area contributed by atoms with E-state index in [1.807, 2.05) is 34.7 Å². The molecule has 6 aromatic rings. The van der Waals surface area contributed by atoms with Crippen LogP contribution in [0.3, 0.4) is 0 Å². The highest BCUT2D eigenvalue weighted by Gasteiger charge is 2.43. The third kappa shape index (κ3) is 10.7. The summed E-state index contributed by atoms with van der Waals surface area (Å²) in [5, 5.41) is 5.55. The predicted molar refractivity (Wildman–Crippen MR) is 298 cm³/mol. The number of piperidine rings is 2. The molecule has 3 aliphatic carbocycles. The van der Waals surface area contributed by atoms with E-state index < -0.39 is 24.3 Å². The minimum Gasteiger partial charge on any atom is -0.453 e. The Bertz CT molecular complexity index is 3050. The molecule has 2 saturated heterocycles. The molecular formula is C59H68N8O6S2. The number of nitrogens with one attached hydrogen (secondary N) is 4. The number of imidazole rings is 2. The lowest BCUT2D eigenvalue weighted by atomic mass is 9.59. The van der Waals surface area contributed by atoms with Crippen LogP contribution in [0.1, 0.15) is 110 Å². The van der Waals surface area contributed by atoms with E-state index in [0.717, 1.165) is 103 Å². The average Bonchev–Trinajstić information content (AvgIpc) is 4.17. The van der Waals surface area contributed by atoms with Gasteiger partial charge >= 0.3 is 12.2 Å². The highest BCUT2D eigenvalue weighted by Crippen LogP contribution is 2.52. The Kier molecular flexibility index (Phi) is 15.8. The number of carbonyl (C=O) groups is 4. The number of alkyl carbamates (subject to hydrolysis) is 2. The molecule has 16 heteroatoms. The standard InChI is InChI=1S/C59H68N8O6S2/c1-59-33-42-31-43(37-15-19-39(20-16-37)49-34-60-53(62-49)51-10-6-8-26-66(51)55(68)47(24-28-74-4)64-57(70)72-2)41(32-46(42)59)14-12-36-13-23-45(59)44(30-36)38-17-21-40(22-18-38)50-35-61-54(63-50)52-11-7-9-27-67(52)56(69)48(25-29-75-5)65-58(71)73-3/h13,15-23,30-32,34-35,47-48,51-52H,6-12,14,24-29,33H2,1-5H3,(H,60,62)(H,61,63)(H,64,70)(H,65,71)/t47-,48?,51-,52-,59?/m0/s1. The van der Waals surface area contributed by atoms with Crippen LogP contribution in [0.4, 0.5) is 9.59 Å². The van der Waals surface area contributed by atoms with Gasteiger partial charge in [-0.05, 0) is 156 Å². The molecule has 2 unspecified atom stereocenters. The van der Waals surface area contributed by atoms with E-state index in [1.165, 1.54) is 64.3 Å². The maximum Gasteiger partial charge on any atom is 0.407 e. The van der Waals surface area contributed by atoms with Gasteiger partial charge in [-0.3, -0.25) is 9.59 Å². The Labute approximate surface area is 448 Å². The molecule has 75 heavy (non-hydrogen) atoms.